The minimum atomic E-state index is -0.328. The molecule has 0 aromatic heterocycles. The number of phenols is 1. The number of hydrogen-bond donors (Lipinski definition) is 1. The molecule has 204 valence electrons. The van der Waals surface area contributed by atoms with Crippen LogP contribution in [0.3, 0.4) is 0 Å². The quantitative estimate of drug-likeness (QED) is 0.185. The number of ether oxygens (including phenoxy) is 3. The first-order valence-corrected chi connectivity index (χ1v) is 13.2. The highest BCUT2D eigenvalue weighted by Crippen LogP contribution is 2.15. The number of aryl methyl sites for hydroxylation is 2. The molecule has 0 spiro atoms. The van der Waals surface area contributed by atoms with Crippen molar-refractivity contribution in [3.05, 3.63) is 130 Å². The molecule has 7 heteroatoms. The van der Waals surface area contributed by atoms with Gasteiger partial charge in [0.15, 0.2) is 0 Å². The summed E-state index contributed by atoms with van der Waals surface area (Å²) in [6.45, 7) is 4.45. The summed E-state index contributed by atoms with van der Waals surface area (Å²) >= 11 is 3.32. The van der Waals surface area contributed by atoms with Gasteiger partial charge in [-0.15, -0.1) is 0 Å². The summed E-state index contributed by atoms with van der Waals surface area (Å²) in [4.78, 5) is 22.3. The van der Waals surface area contributed by atoms with E-state index in [1.54, 1.807) is 36.4 Å². The third-order valence-corrected chi connectivity index (χ3v) is 5.95. The zero-order chi connectivity index (χ0) is 28.6. The Hall–Kier alpha value is -4.10. The maximum Gasteiger partial charge on any atom is 0.337 e. The molecular weight excluding hydrogens is 560 g/mol. The number of halogens is 1. The minimum absolute atomic E-state index is 0.295. The second-order valence-corrected chi connectivity index (χ2v) is 9.02. The summed E-state index contributed by atoms with van der Waals surface area (Å²) in [5, 5.41) is 9.61. The van der Waals surface area contributed by atoms with Crippen molar-refractivity contribution in [2.24, 2.45) is 0 Å². The Morgan fingerprint density at radius 1 is 0.692 bits per heavy atom. The van der Waals surface area contributed by atoms with E-state index in [-0.39, 0.29) is 11.9 Å². The molecule has 0 amide bonds. The van der Waals surface area contributed by atoms with Crippen molar-refractivity contribution in [1.82, 2.24) is 0 Å². The Kier molecular flexibility index (Phi) is 13.3. The second-order valence-electron chi connectivity index (χ2n) is 8.45. The molecule has 6 nitrogen and oxygen atoms in total. The number of carbonyl (C=O) groups is 2. The molecule has 0 bridgehead atoms. The number of phenolic OH excluding ortho intramolecular Hbond substituents is 1. The Balaban J connectivity index is 0.000000227. The minimum Gasteiger partial charge on any atom is -0.508 e. The van der Waals surface area contributed by atoms with E-state index in [4.69, 9.17) is 9.84 Å². The van der Waals surface area contributed by atoms with Crippen LogP contribution in [0.2, 0.25) is 0 Å². The van der Waals surface area contributed by atoms with Gasteiger partial charge in [-0.2, -0.15) is 0 Å². The first-order chi connectivity index (χ1) is 18.7. The molecule has 0 unspecified atom stereocenters. The normalized spacial score (nSPS) is 9.67. The van der Waals surface area contributed by atoms with Gasteiger partial charge in [-0.05, 0) is 84.6 Å². The average Bonchev–Trinajstić information content (AvgIpc) is 2.96. The zero-order valence-electron chi connectivity index (χ0n) is 22.5. The summed E-state index contributed by atoms with van der Waals surface area (Å²) in [6.07, 6.45) is 0. The van der Waals surface area contributed by atoms with Gasteiger partial charge < -0.3 is 19.3 Å². The fraction of sp³-hybridized carbons (Fsp3) is 0.188. The fourth-order valence-corrected chi connectivity index (χ4v) is 3.58. The van der Waals surface area contributed by atoms with Crippen molar-refractivity contribution in [2.45, 2.75) is 25.8 Å². The van der Waals surface area contributed by atoms with E-state index in [0.29, 0.717) is 23.5 Å². The van der Waals surface area contributed by atoms with Gasteiger partial charge >= 0.3 is 11.9 Å². The standard InChI is InChI=1S/C16H16O3.C9H9BrO2.C7H8O/c1-12-4-3-5-15(10-12)19-11-13-6-8-14(9-7-13)16(17)18-2;1-12-9(11)8-4-2-7(6-10)3-5-8;1-6-3-2-4-7(8)5-6/h3-10H,11H2,1-2H3;2-5H,6H2,1H3;2-5,8H,1H3. The van der Waals surface area contributed by atoms with Crippen LogP contribution in [-0.4, -0.2) is 31.3 Å². The number of alkyl halides is 1. The largest absolute Gasteiger partial charge is 0.508 e. The van der Waals surface area contributed by atoms with Gasteiger partial charge in [0.1, 0.15) is 18.1 Å². The number of esters is 2. The van der Waals surface area contributed by atoms with Gasteiger partial charge in [0.05, 0.1) is 25.3 Å². The molecular formula is C32H33BrO6. The molecule has 1 N–H and O–H groups in total. The third kappa shape index (κ3) is 11.4. The van der Waals surface area contributed by atoms with Gasteiger partial charge in [-0.1, -0.05) is 64.5 Å². The second kappa shape index (κ2) is 16.7. The highest BCUT2D eigenvalue weighted by atomic mass is 79.9. The van der Waals surface area contributed by atoms with Gasteiger partial charge in [-0.3, -0.25) is 0 Å². The zero-order valence-corrected chi connectivity index (χ0v) is 24.1. The van der Waals surface area contributed by atoms with Crippen molar-refractivity contribution in [1.29, 1.82) is 0 Å². The van der Waals surface area contributed by atoms with Crippen LogP contribution in [0.25, 0.3) is 0 Å². The van der Waals surface area contributed by atoms with Crippen LogP contribution >= 0.6 is 15.9 Å². The van der Waals surface area contributed by atoms with Crippen molar-refractivity contribution in [2.75, 3.05) is 14.2 Å². The lowest BCUT2D eigenvalue weighted by atomic mass is 10.1. The highest BCUT2D eigenvalue weighted by molar-refractivity contribution is 9.08. The van der Waals surface area contributed by atoms with E-state index in [1.807, 2.05) is 74.5 Å². The smallest absolute Gasteiger partial charge is 0.337 e. The van der Waals surface area contributed by atoms with E-state index in [1.165, 1.54) is 19.8 Å². The third-order valence-electron chi connectivity index (χ3n) is 5.30. The molecule has 0 radical (unpaired) electrons. The molecule has 4 aromatic carbocycles. The molecule has 0 saturated carbocycles. The van der Waals surface area contributed by atoms with Crippen LogP contribution in [-0.2, 0) is 21.4 Å². The first kappa shape index (κ1) is 31.1. The summed E-state index contributed by atoms with van der Waals surface area (Å²) < 4.78 is 14.9. The number of aromatic hydroxyl groups is 1. The number of methoxy groups -OCH3 is 2. The van der Waals surface area contributed by atoms with Crippen molar-refractivity contribution >= 4 is 27.9 Å². The molecule has 4 aromatic rings. The molecule has 0 atom stereocenters. The molecule has 0 aliphatic rings. The number of hydrogen-bond acceptors (Lipinski definition) is 6. The van der Waals surface area contributed by atoms with Gasteiger partial charge in [0.25, 0.3) is 0 Å². The lowest BCUT2D eigenvalue weighted by molar-refractivity contribution is 0.0592. The number of carbonyl (C=O) groups excluding carboxylic acids is 2. The summed E-state index contributed by atoms with van der Waals surface area (Å²) in [7, 11) is 2.75. The maximum atomic E-state index is 11.3. The molecule has 0 fully saturated rings. The predicted octanol–water partition coefficient (Wildman–Crippen LogP) is 7.43. The molecule has 4 rings (SSSR count). The van der Waals surface area contributed by atoms with Crippen LogP contribution in [0.5, 0.6) is 11.5 Å². The Morgan fingerprint density at radius 2 is 1.18 bits per heavy atom. The van der Waals surface area contributed by atoms with Gasteiger partial charge in [-0.25, -0.2) is 9.59 Å². The predicted molar refractivity (Wildman–Crippen MR) is 157 cm³/mol. The lowest BCUT2D eigenvalue weighted by Gasteiger charge is -2.07. The topological polar surface area (TPSA) is 82.1 Å². The lowest BCUT2D eigenvalue weighted by Crippen LogP contribution is -2.02. The van der Waals surface area contributed by atoms with Crippen LogP contribution in [0, 0.1) is 13.8 Å². The summed E-state index contributed by atoms with van der Waals surface area (Å²) in [6, 6.07) is 29.5. The van der Waals surface area contributed by atoms with Crippen LogP contribution in [0.15, 0.2) is 97.1 Å². The average molecular weight is 594 g/mol. The number of benzene rings is 4. The molecule has 0 aliphatic carbocycles. The summed E-state index contributed by atoms with van der Waals surface area (Å²) in [5.41, 5.74) is 5.53. The van der Waals surface area contributed by atoms with Crippen molar-refractivity contribution in [3.63, 3.8) is 0 Å². The highest BCUT2D eigenvalue weighted by Gasteiger charge is 2.05. The SMILES string of the molecule is COC(=O)c1ccc(CBr)cc1.COC(=O)c1ccc(COc2cccc(C)c2)cc1.Cc1cccc(O)c1. The van der Waals surface area contributed by atoms with Crippen molar-refractivity contribution in [3.8, 4) is 11.5 Å². The van der Waals surface area contributed by atoms with Crippen molar-refractivity contribution < 1.29 is 28.9 Å². The monoisotopic (exact) mass is 592 g/mol. The molecule has 0 saturated heterocycles. The van der Waals surface area contributed by atoms with E-state index in [0.717, 1.165) is 27.8 Å². The van der Waals surface area contributed by atoms with E-state index < -0.39 is 0 Å². The summed E-state index contributed by atoms with van der Waals surface area (Å²) in [5.74, 6) is 0.560. The van der Waals surface area contributed by atoms with Crippen LogP contribution in [0.1, 0.15) is 43.0 Å². The Bertz CT molecular complexity index is 1300. The first-order valence-electron chi connectivity index (χ1n) is 12.1. The van der Waals surface area contributed by atoms with E-state index >= 15 is 0 Å². The molecule has 0 heterocycles. The van der Waals surface area contributed by atoms with Gasteiger partial charge in [0, 0.05) is 5.33 Å². The van der Waals surface area contributed by atoms with E-state index in [2.05, 4.69) is 25.4 Å². The Morgan fingerprint density at radius 3 is 1.59 bits per heavy atom. The molecule has 0 aliphatic heterocycles. The fourth-order valence-electron chi connectivity index (χ4n) is 3.20. The molecule has 39 heavy (non-hydrogen) atoms. The Labute approximate surface area is 238 Å². The maximum absolute atomic E-state index is 11.3. The van der Waals surface area contributed by atoms with Crippen LogP contribution < -0.4 is 4.74 Å². The number of rotatable bonds is 6. The van der Waals surface area contributed by atoms with Gasteiger partial charge in [0.2, 0.25) is 0 Å². The van der Waals surface area contributed by atoms with E-state index in [9.17, 15) is 9.59 Å². The van der Waals surface area contributed by atoms with Crippen LogP contribution in [0.4, 0.5) is 0 Å².